The van der Waals surface area contributed by atoms with Crippen molar-refractivity contribution in [2.75, 3.05) is 6.54 Å². The molecule has 33 heavy (non-hydrogen) atoms. The van der Waals surface area contributed by atoms with E-state index in [1.54, 1.807) is 0 Å². The van der Waals surface area contributed by atoms with E-state index in [0.29, 0.717) is 0 Å². The summed E-state index contributed by atoms with van der Waals surface area (Å²) in [7, 11) is 0. The Labute approximate surface area is 205 Å². The quantitative estimate of drug-likeness (QED) is 0.178. The second-order valence-corrected chi connectivity index (χ2v) is 9.25. The Morgan fingerprint density at radius 2 is 0.758 bits per heavy atom. The number of hydrogen-bond acceptors (Lipinski definition) is 1. The van der Waals surface area contributed by atoms with Gasteiger partial charge in [-0.15, -0.1) is 0 Å². The summed E-state index contributed by atoms with van der Waals surface area (Å²) in [4.78, 5) is 0. The molecular weight excluding hydrogens is 398 g/mol. The smallest absolute Gasteiger partial charge is 0.00773 e. The lowest BCUT2D eigenvalue weighted by atomic mass is 10.0. The molecule has 184 valence electrons. The van der Waals surface area contributed by atoms with E-state index < -0.39 is 0 Å². The van der Waals surface area contributed by atoms with Crippen LogP contribution in [0.4, 0.5) is 0 Å². The van der Waals surface area contributed by atoms with E-state index in [0.717, 1.165) is 6.54 Å². The van der Waals surface area contributed by atoms with Crippen molar-refractivity contribution in [2.45, 2.75) is 110 Å². The molecule has 2 N–H and O–H groups in total. The zero-order valence-corrected chi connectivity index (χ0v) is 21.5. The van der Waals surface area contributed by atoms with Crippen molar-refractivity contribution in [3.8, 4) is 0 Å². The Bertz CT molecular complexity index is 589. The van der Waals surface area contributed by atoms with Crippen LogP contribution in [0.5, 0.6) is 0 Å². The molecule has 0 heterocycles. The highest BCUT2D eigenvalue weighted by molar-refractivity contribution is 5.69. The van der Waals surface area contributed by atoms with Gasteiger partial charge in [-0.1, -0.05) is 176 Å². The number of unbranched alkanes of at least 4 members (excludes halogenated alkanes) is 15. The van der Waals surface area contributed by atoms with Crippen molar-refractivity contribution in [3.05, 3.63) is 71.8 Å². The Morgan fingerprint density at radius 3 is 1.06 bits per heavy atom. The predicted octanol–water partition coefficient (Wildman–Crippen LogP) is 10.1. The van der Waals surface area contributed by atoms with E-state index in [1.165, 1.54) is 114 Å². The van der Waals surface area contributed by atoms with Gasteiger partial charge in [-0.2, -0.15) is 0 Å². The number of hydrogen-bond donors (Lipinski definition) is 1. The molecule has 0 atom stereocenters. The van der Waals surface area contributed by atoms with E-state index >= 15 is 0 Å². The molecule has 2 rings (SSSR count). The van der Waals surface area contributed by atoms with Crippen LogP contribution in [0.15, 0.2) is 60.7 Å². The maximum absolute atomic E-state index is 5.48. The van der Waals surface area contributed by atoms with Gasteiger partial charge in [-0.25, -0.2) is 0 Å². The fourth-order valence-corrected chi connectivity index (χ4v) is 4.01. The summed E-state index contributed by atoms with van der Waals surface area (Å²) in [5, 5.41) is 0. The first-order valence-electron chi connectivity index (χ1n) is 13.8. The van der Waals surface area contributed by atoms with Gasteiger partial charge in [-0.05, 0) is 24.1 Å². The van der Waals surface area contributed by atoms with Crippen LogP contribution in [0, 0.1) is 0 Å². The van der Waals surface area contributed by atoms with Crippen LogP contribution >= 0.6 is 0 Å². The molecule has 0 fully saturated rings. The summed E-state index contributed by atoms with van der Waals surface area (Å²) in [6.45, 7) is 3.16. The van der Waals surface area contributed by atoms with Crippen molar-refractivity contribution in [2.24, 2.45) is 5.73 Å². The summed E-state index contributed by atoms with van der Waals surface area (Å²) < 4.78 is 0. The molecule has 0 saturated heterocycles. The molecule has 0 saturated carbocycles. The molecule has 0 amide bonds. The van der Waals surface area contributed by atoms with Gasteiger partial charge < -0.3 is 5.73 Å². The van der Waals surface area contributed by atoms with Gasteiger partial charge in [0.15, 0.2) is 0 Å². The van der Waals surface area contributed by atoms with Crippen LogP contribution < -0.4 is 5.73 Å². The minimum atomic E-state index is 0.873. The maximum atomic E-state index is 5.48. The summed E-state index contributed by atoms with van der Waals surface area (Å²) in [5.41, 5.74) is 7.95. The summed E-state index contributed by atoms with van der Waals surface area (Å²) >= 11 is 0. The number of nitrogens with two attached hydrogens (primary N) is 1. The third-order valence-corrected chi connectivity index (χ3v) is 6.13. The van der Waals surface area contributed by atoms with Gasteiger partial charge in [0.05, 0.1) is 0 Å². The standard InChI is InChI=1S/C18H39N.C14H12/c1-2-3-4-5-6-7-8-9-10-11-12-13-14-15-16-17-18-19;1-3-7-13(8-4-1)11-12-14-9-5-2-6-10-14/h2-19H2,1H3;1-12H. The van der Waals surface area contributed by atoms with Crippen LogP contribution in [-0.4, -0.2) is 6.54 Å². The second kappa shape index (κ2) is 23.3. The van der Waals surface area contributed by atoms with E-state index in [9.17, 15) is 0 Å². The Balaban J connectivity index is 0.000000342. The lowest BCUT2D eigenvalue weighted by Crippen LogP contribution is -1.97. The highest BCUT2D eigenvalue weighted by Crippen LogP contribution is 2.13. The lowest BCUT2D eigenvalue weighted by Gasteiger charge is -2.03. The van der Waals surface area contributed by atoms with E-state index in [-0.39, 0.29) is 0 Å². The number of benzene rings is 2. The molecule has 2 aromatic rings. The fourth-order valence-electron chi connectivity index (χ4n) is 4.01. The summed E-state index contributed by atoms with van der Waals surface area (Å²) in [6, 6.07) is 20.6. The van der Waals surface area contributed by atoms with Crippen molar-refractivity contribution in [3.63, 3.8) is 0 Å². The third-order valence-electron chi connectivity index (χ3n) is 6.13. The summed E-state index contributed by atoms with van der Waals surface area (Å²) in [5.74, 6) is 0. The number of rotatable bonds is 18. The molecule has 0 aliphatic rings. The Morgan fingerprint density at radius 1 is 0.455 bits per heavy atom. The minimum Gasteiger partial charge on any atom is -0.330 e. The molecular formula is C32H51N. The maximum Gasteiger partial charge on any atom is -0.00773 e. The van der Waals surface area contributed by atoms with E-state index in [2.05, 4.69) is 43.3 Å². The van der Waals surface area contributed by atoms with Gasteiger partial charge in [0.1, 0.15) is 0 Å². The molecule has 1 heteroatoms. The molecule has 2 aromatic carbocycles. The highest BCUT2D eigenvalue weighted by atomic mass is 14.5. The molecule has 0 unspecified atom stereocenters. The molecule has 0 radical (unpaired) electrons. The topological polar surface area (TPSA) is 26.0 Å². The van der Waals surface area contributed by atoms with Gasteiger partial charge in [0.2, 0.25) is 0 Å². The average molecular weight is 450 g/mol. The zero-order valence-electron chi connectivity index (χ0n) is 21.5. The largest absolute Gasteiger partial charge is 0.330 e. The first-order valence-corrected chi connectivity index (χ1v) is 13.8. The highest BCUT2D eigenvalue weighted by Gasteiger charge is 1.94. The lowest BCUT2D eigenvalue weighted by molar-refractivity contribution is 0.530. The normalized spacial score (nSPS) is 10.8. The molecule has 0 spiro atoms. The van der Waals surface area contributed by atoms with Crippen LogP contribution in [0.2, 0.25) is 0 Å². The average Bonchev–Trinajstić information content (AvgIpc) is 2.87. The van der Waals surface area contributed by atoms with Gasteiger partial charge in [0, 0.05) is 0 Å². The molecule has 0 bridgehead atoms. The van der Waals surface area contributed by atoms with Crippen LogP contribution in [0.1, 0.15) is 121 Å². The second-order valence-electron chi connectivity index (χ2n) is 9.25. The third kappa shape index (κ3) is 19.3. The molecule has 0 aliphatic carbocycles. The molecule has 0 aliphatic heterocycles. The summed E-state index contributed by atoms with van der Waals surface area (Å²) in [6.07, 6.45) is 27.1. The van der Waals surface area contributed by atoms with Crippen LogP contribution in [-0.2, 0) is 0 Å². The molecule has 0 aromatic heterocycles. The van der Waals surface area contributed by atoms with Crippen molar-refractivity contribution >= 4 is 12.2 Å². The minimum absolute atomic E-state index is 0.873. The van der Waals surface area contributed by atoms with Crippen molar-refractivity contribution < 1.29 is 0 Å². The first kappa shape index (κ1) is 29.2. The Kier molecular flexibility index (Phi) is 20.6. The first-order chi connectivity index (χ1) is 16.4. The zero-order chi connectivity index (χ0) is 23.7. The monoisotopic (exact) mass is 449 g/mol. The SMILES string of the molecule is C(=Cc1ccccc1)c1ccccc1.CCCCCCCCCCCCCCCCCCN. The fraction of sp³-hybridized carbons (Fsp3) is 0.562. The van der Waals surface area contributed by atoms with Crippen molar-refractivity contribution in [1.82, 2.24) is 0 Å². The molecule has 1 nitrogen and oxygen atoms in total. The van der Waals surface area contributed by atoms with Gasteiger partial charge >= 0.3 is 0 Å². The predicted molar refractivity (Wildman–Crippen MR) is 150 cm³/mol. The van der Waals surface area contributed by atoms with E-state index in [4.69, 9.17) is 5.73 Å². The Hall–Kier alpha value is -1.86. The van der Waals surface area contributed by atoms with Crippen molar-refractivity contribution in [1.29, 1.82) is 0 Å². The van der Waals surface area contributed by atoms with Gasteiger partial charge in [-0.3, -0.25) is 0 Å². The van der Waals surface area contributed by atoms with Crippen LogP contribution in [0.3, 0.4) is 0 Å². The van der Waals surface area contributed by atoms with E-state index in [1.807, 2.05) is 36.4 Å². The van der Waals surface area contributed by atoms with Crippen LogP contribution in [0.25, 0.3) is 12.2 Å². The van der Waals surface area contributed by atoms with Gasteiger partial charge in [0.25, 0.3) is 0 Å².